The van der Waals surface area contributed by atoms with Crippen molar-refractivity contribution in [3.8, 4) is 11.9 Å². The second-order valence-corrected chi connectivity index (χ2v) is 13.6. The molecule has 2 fully saturated rings. The molecular weight excluding hydrogens is 704 g/mol. The zero-order chi connectivity index (χ0) is 37.4. The van der Waals surface area contributed by atoms with E-state index in [1.165, 1.54) is 24.3 Å². The van der Waals surface area contributed by atoms with E-state index in [-0.39, 0.29) is 40.8 Å². The highest BCUT2D eigenvalue weighted by atomic mass is 19.4. The molecule has 2 N–H and O–H groups in total. The third-order valence-electron chi connectivity index (χ3n) is 10.0. The van der Waals surface area contributed by atoms with Gasteiger partial charge in [0.1, 0.15) is 18.2 Å². The van der Waals surface area contributed by atoms with Gasteiger partial charge in [-0.2, -0.15) is 23.5 Å². The third-order valence-corrected chi connectivity index (χ3v) is 10.0. The van der Waals surface area contributed by atoms with E-state index in [4.69, 9.17) is 24.7 Å². The van der Waals surface area contributed by atoms with Gasteiger partial charge in [-0.1, -0.05) is 12.1 Å². The molecule has 8 rings (SSSR count). The number of aromatic amines is 1. The number of nitriles is 1. The van der Waals surface area contributed by atoms with Crippen LogP contribution in [-0.4, -0.2) is 61.3 Å². The molecule has 2 saturated heterocycles. The van der Waals surface area contributed by atoms with E-state index in [9.17, 15) is 22.4 Å². The van der Waals surface area contributed by atoms with Crippen LogP contribution in [-0.2, 0) is 30.6 Å². The molecule has 1 atom stereocenters. The Morgan fingerprint density at radius 3 is 2.61 bits per heavy atom. The minimum absolute atomic E-state index is 0.0000916. The first-order valence-corrected chi connectivity index (χ1v) is 17.6. The van der Waals surface area contributed by atoms with E-state index in [0.717, 1.165) is 49.4 Å². The molecule has 2 aliphatic rings. The van der Waals surface area contributed by atoms with E-state index in [2.05, 4.69) is 25.0 Å². The molecule has 0 spiro atoms. The molecule has 0 radical (unpaired) electrons. The van der Waals surface area contributed by atoms with Crippen LogP contribution in [0.15, 0.2) is 72.8 Å². The van der Waals surface area contributed by atoms with Crippen LogP contribution in [0.1, 0.15) is 63.9 Å². The van der Waals surface area contributed by atoms with Gasteiger partial charge < -0.3 is 19.4 Å². The summed E-state index contributed by atoms with van der Waals surface area (Å²) >= 11 is 0. The number of halogens is 4. The maximum atomic E-state index is 14.3. The zero-order valence-corrected chi connectivity index (χ0v) is 28.9. The zero-order valence-electron chi connectivity index (χ0n) is 28.9. The Morgan fingerprint density at radius 1 is 1.04 bits per heavy atom. The lowest BCUT2D eigenvalue weighted by Crippen LogP contribution is -2.35. The average molecular weight is 739 g/mol. The number of hydrogen-bond donors (Lipinski definition) is 2. The quantitative estimate of drug-likeness (QED) is 0.140. The molecule has 11 nitrogen and oxygen atoms in total. The van der Waals surface area contributed by atoms with Crippen molar-refractivity contribution in [2.45, 2.75) is 57.2 Å². The molecule has 0 aliphatic carbocycles. The maximum Gasteiger partial charge on any atom is 0.435 e. The number of alkyl halides is 3. The predicted molar refractivity (Wildman–Crippen MR) is 190 cm³/mol. The molecule has 15 heteroatoms. The summed E-state index contributed by atoms with van der Waals surface area (Å²) < 4.78 is 68.4. The van der Waals surface area contributed by atoms with Gasteiger partial charge in [-0.15, -0.1) is 0 Å². The second kappa shape index (κ2) is 14.5. The van der Waals surface area contributed by atoms with Gasteiger partial charge in [0.2, 0.25) is 5.88 Å². The molecule has 3 aromatic carbocycles. The fraction of sp³-hybridized carbons (Fsp3) is 0.308. The summed E-state index contributed by atoms with van der Waals surface area (Å²) in [5.41, 5.74) is 2.72. The number of carbonyl (C=O) groups is 1. The van der Waals surface area contributed by atoms with Crippen molar-refractivity contribution >= 4 is 33.5 Å². The Labute approximate surface area is 306 Å². The normalized spacial score (nSPS) is 16.7. The number of pyridine rings is 1. The van der Waals surface area contributed by atoms with Gasteiger partial charge in [-0.3, -0.25) is 14.8 Å². The van der Waals surface area contributed by atoms with Crippen LogP contribution >= 0.6 is 0 Å². The highest BCUT2D eigenvalue weighted by Crippen LogP contribution is 2.34. The van der Waals surface area contributed by atoms with Crippen molar-refractivity contribution in [2.24, 2.45) is 0 Å². The van der Waals surface area contributed by atoms with Crippen LogP contribution in [0, 0.1) is 17.1 Å². The highest BCUT2D eigenvalue weighted by Gasteiger charge is 2.36. The van der Waals surface area contributed by atoms with Gasteiger partial charge >= 0.3 is 6.18 Å². The van der Waals surface area contributed by atoms with Gasteiger partial charge in [0, 0.05) is 46.5 Å². The van der Waals surface area contributed by atoms with Crippen molar-refractivity contribution < 1.29 is 31.8 Å². The van der Waals surface area contributed by atoms with E-state index in [1.807, 2.05) is 24.3 Å². The Morgan fingerprint density at radius 2 is 1.87 bits per heavy atom. The highest BCUT2D eigenvalue weighted by molar-refractivity contribution is 6.06. The number of benzene rings is 3. The number of anilines is 1. The standard InChI is InChI=1S/C39H34F4N8O3/c40-30-16-23(19-44)4-5-26(30)22-54-36-3-1-2-31(47-36)24-10-13-50(14-11-24)21-35-46-33-17-25(6-9-34(33)51(35)20-28-12-15-53-28)38(52)45-27-7-8-32-29(18-27)37(49-48-32)39(41,42)43/h1-9,16-18,24,28H,10-15,20-22H2,(H,45,52)(H,48,49)/t28-/m0/s1. The van der Waals surface area contributed by atoms with Crippen molar-refractivity contribution in [3.05, 3.63) is 113 Å². The molecule has 2 aliphatic heterocycles. The smallest absolute Gasteiger partial charge is 0.435 e. The minimum atomic E-state index is -4.64. The van der Waals surface area contributed by atoms with E-state index < -0.39 is 23.6 Å². The Bertz CT molecular complexity index is 2390. The number of nitrogens with one attached hydrogen (secondary N) is 2. The summed E-state index contributed by atoms with van der Waals surface area (Å²) in [4.78, 5) is 25.3. The molecule has 5 heterocycles. The number of hydrogen-bond acceptors (Lipinski definition) is 8. The lowest BCUT2D eigenvalue weighted by molar-refractivity contribution is -0.139. The molecule has 0 bridgehead atoms. The Hall–Kier alpha value is -5.85. The summed E-state index contributed by atoms with van der Waals surface area (Å²) in [6, 6.07) is 21.3. The second-order valence-electron chi connectivity index (χ2n) is 13.6. The summed E-state index contributed by atoms with van der Waals surface area (Å²) in [6.45, 7) is 3.55. The summed E-state index contributed by atoms with van der Waals surface area (Å²) in [7, 11) is 0. The van der Waals surface area contributed by atoms with Gasteiger partial charge in [-0.25, -0.2) is 14.4 Å². The third kappa shape index (κ3) is 7.35. The number of fused-ring (bicyclic) bond motifs is 2. The number of aromatic nitrogens is 5. The first-order chi connectivity index (χ1) is 26.1. The molecule has 1 amide bonds. The van der Waals surface area contributed by atoms with Crippen molar-refractivity contribution in [1.82, 2.24) is 29.6 Å². The van der Waals surface area contributed by atoms with E-state index in [0.29, 0.717) is 42.2 Å². The van der Waals surface area contributed by atoms with Crippen LogP contribution in [0.3, 0.4) is 0 Å². The van der Waals surface area contributed by atoms with Crippen LogP contribution in [0.5, 0.6) is 5.88 Å². The average Bonchev–Trinajstić information content (AvgIpc) is 3.73. The number of ether oxygens (including phenoxy) is 2. The number of H-pyrrole nitrogens is 1. The first-order valence-electron chi connectivity index (χ1n) is 17.6. The number of likely N-dealkylation sites (tertiary alicyclic amines) is 1. The summed E-state index contributed by atoms with van der Waals surface area (Å²) in [5, 5.41) is 17.3. The van der Waals surface area contributed by atoms with Gasteiger partial charge in [0.25, 0.3) is 5.91 Å². The molecule has 54 heavy (non-hydrogen) atoms. The molecule has 276 valence electrons. The van der Waals surface area contributed by atoms with Crippen LogP contribution in [0.4, 0.5) is 23.2 Å². The number of imidazole rings is 1. The fourth-order valence-corrected chi connectivity index (χ4v) is 7.00. The van der Waals surface area contributed by atoms with Crippen LogP contribution < -0.4 is 10.1 Å². The molecular formula is C39H34F4N8O3. The lowest BCUT2D eigenvalue weighted by atomic mass is 9.93. The number of rotatable bonds is 10. The number of piperidine rings is 1. The SMILES string of the molecule is N#Cc1ccc(COc2cccc(C3CCN(Cc4nc5cc(C(=O)Nc6ccc7[nH]nc(C(F)(F)F)c7c6)ccc5n4C[C@@H]4CCO4)CC3)n2)c(F)c1. The lowest BCUT2D eigenvalue weighted by Gasteiger charge is -2.32. The van der Waals surface area contributed by atoms with Gasteiger partial charge in [0.15, 0.2) is 5.69 Å². The summed E-state index contributed by atoms with van der Waals surface area (Å²) in [6.07, 6.45) is -1.89. The van der Waals surface area contributed by atoms with Crippen molar-refractivity contribution in [2.75, 3.05) is 25.0 Å². The Balaban J connectivity index is 0.939. The molecule has 0 saturated carbocycles. The number of nitrogens with zero attached hydrogens (tertiary/aromatic N) is 6. The van der Waals surface area contributed by atoms with Gasteiger partial charge in [0.05, 0.1) is 47.4 Å². The fourth-order valence-electron chi connectivity index (χ4n) is 7.00. The van der Waals surface area contributed by atoms with Crippen LogP contribution in [0.25, 0.3) is 21.9 Å². The molecule has 3 aromatic heterocycles. The van der Waals surface area contributed by atoms with Crippen LogP contribution in [0.2, 0.25) is 0 Å². The van der Waals surface area contributed by atoms with E-state index in [1.54, 1.807) is 30.3 Å². The number of amides is 1. The van der Waals surface area contributed by atoms with Crippen molar-refractivity contribution in [3.63, 3.8) is 0 Å². The van der Waals surface area contributed by atoms with Gasteiger partial charge in [-0.05, 0) is 86.9 Å². The first kappa shape index (κ1) is 35.2. The molecule has 0 unspecified atom stereocenters. The number of carbonyl (C=O) groups excluding carboxylic acids is 1. The largest absolute Gasteiger partial charge is 0.473 e. The Kier molecular flexibility index (Phi) is 9.47. The van der Waals surface area contributed by atoms with Crippen molar-refractivity contribution in [1.29, 1.82) is 5.26 Å². The predicted octanol–water partition coefficient (Wildman–Crippen LogP) is 7.34. The topological polar surface area (TPSA) is 134 Å². The summed E-state index contributed by atoms with van der Waals surface area (Å²) in [5.74, 6) is 0.511. The maximum absolute atomic E-state index is 14.3. The van der Waals surface area contributed by atoms with E-state index >= 15 is 0 Å². The minimum Gasteiger partial charge on any atom is -0.473 e. The molecule has 6 aromatic rings. The monoisotopic (exact) mass is 738 g/mol.